The number of fused-ring (bicyclic) bond motifs is 1. The minimum Gasteiger partial charge on any atom is -0.459 e. The van der Waals surface area contributed by atoms with Crippen LogP contribution in [0.15, 0.2) is 28.7 Å². The first-order chi connectivity index (χ1) is 8.35. The van der Waals surface area contributed by atoms with Crippen LogP contribution < -0.4 is 5.73 Å². The van der Waals surface area contributed by atoms with Gasteiger partial charge in [0.05, 0.1) is 6.04 Å². The molecule has 1 aromatic carbocycles. The van der Waals surface area contributed by atoms with E-state index in [1.165, 1.54) is 12.1 Å². The number of rotatable bonds is 3. The Morgan fingerprint density at radius 2 is 2.06 bits per heavy atom. The fourth-order valence-corrected chi connectivity index (χ4v) is 2.48. The van der Waals surface area contributed by atoms with Crippen molar-refractivity contribution >= 4 is 22.7 Å². The predicted molar refractivity (Wildman–Crippen MR) is 75.3 cm³/mol. The predicted octanol–water partition coefficient (Wildman–Crippen LogP) is 4.10. The molecule has 0 bridgehead atoms. The zero-order chi connectivity index (χ0) is 13.3. The lowest BCUT2D eigenvalue weighted by molar-refractivity contribution is 0.515. The van der Waals surface area contributed by atoms with Crippen LogP contribution in [0.4, 0.5) is 4.39 Å². The summed E-state index contributed by atoms with van der Waals surface area (Å²) >= 11 is 1.79. The van der Waals surface area contributed by atoms with Crippen LogP contribution >= 0.6 is 11.8 Å². The maximum Gasteiger partial charge on any atom is 0.134 e. The Balaban J connectivity index is 2.15. The smallest absolute Gasteiger partial charge is 0.134 e. The third-order valence-corrected chi connectivity index (χ3v) is 3.95. The quantitative estimate of drug-likeness (QED) is 0.909. The van der Waals surface area contributed by atoms with Crippen LogP contribution in [0.3, 0.4) is 0 Å². The lowest BCUT2D eigenvalue weighted by atomic mass is 10.2. The summed E-state index contributed by atoms with van der Waals surface area (Å²) in [7, 11) is 0. The summed E-state index contributed by atoms with van der Waals surface area (Å²) in [4.78, 5) is 0. The summed E-state index contributed by atoms with van der Waals surface area (Å²) in [6.45, 7) is 6.45. The molecule has 18 heavy (non-hydrogen) atoms. The first-order valence-corrected chi connectivity index (χ1v) is 6.92. The van der Waals surface area contributed by atoms with Gasteiger partial charge in [-0.1, -0.05) is 20.8 Å². The standard InChI is InChI=1S/C14H18FNOS/c1-14(2,3)18-8-11(16)13-7-9-6-10(15)4-5-12(9)17-13/h4-7,11H,8,16H2,1-3H3. The molecule has 0 aliphatic rings. The summed E-state index contributed by atoms with van der Waals surface area (Å²) in [6, 6.07) is 6.16. The summed E-state index contributed by atoms with van der Waals surface area (Å²) in [5, 5.41) is 0.765. The van der Waals surface area contributed by atoms with Crippen LogP contribution in [0.5, 0.6) is 0 Å². The first kappa shape index (κ1) is 13.4. The zero-order valence-electron chi connectivity index (χ0n) is 10.9. The van der Waals surface area contributed by atoms with Crippen LogP contribution in [-0.2, 0) is 0 Å². The second-order valence-electron chi connectivity index (χ2n) is 5.36. The highest BCUT2D eigenvalue weighted by molar-refractivity contribution is 8.00. The second kappa shape index (κ2) is 4.94. The molecule has 0 amide bonds. The molecule has 0 fully saturated rings. The highest BCUT2D eigenvalue weighted by Crippen LogP contribution is 2.30. The van der Waals surface area contributed by atoms with E-state index in [2.05, 4.69) is 20.8 Å². The van der Waals surface area contributed by atoms with Gasteiger partial charge >= 0.3 is 0 Å². The molecule has 0 radical (unpaired) electrons. The van der Waals surface area contributed by atoms with Crippen molar-refractivity contribution in [2.24, 2.45) is 5.73 Å². The number of furan rings is 1. The van der Waals surface area contributed by atoms with Gasteiger partial charge < -0.3 is 10.2 Å². The Bertz CT molecular complexity index is 544. The van der Waals surface area contributed by atoms with E-state index in [-0.39, 0.29) is 16.6 Å². The number of nitrogens with two attached hydrogens (primary N) is 1. The largest absolute Gasteiger partial charge is 0.459 e. The maximum atomic E-state index is 13.1. The van der Waals surface area contributed by atoms with Gasteiger partial charge in [0, 0.05) is 15.9 Å². The second-order valence-corrected chi connectivity index (χ2v) is 7.21. The summed E-state index contributed by atoms with van der Waals surface area (Å²) < 4.78 is 18.9. The highest BCUT2D eigenvalue weighted by atomic mass is 32.2. The van der Waals surface area contributed by atoms with Gasteiger partial charge in [0.1, 0.15) is 17.2 Å². The molecule has 2 rings (SSSR count). The van der Waals surface area contributed by atoms with E-state index in [1.54, 1.807) is 17.8 Å². The number of thioether (sulfide) groups is 1. The summed E-state index contributed by atoms with van der Waals surface area (Å²) in [5.74, 6) is 1.24. The molecule has 0 aliphatic heterocycles. The number of halogens is 1. The van der Waals surface area contributed by atoms with Crippen LogP contribution in [0, 0.1) is 5.82 Å². The summed E-state index contributed by atoms with van der Waals surface area (Å²) in [6.07, 6.45) is 0. The van der Waals surface area contributed by atoms with Gasteiger partial charge in [0.2, 0.25) is 0 Å². The van der Waals surface area contributed by atoms with Crippen LogP contribution in [-0.4, -0.2) is 10.5 Å². The Kier molecular flexibility index (Phi) is 3.69. The fraction of sp³-hybridized carbons (Fsp3) is 0.429. The van der Waals surface area contributed by atoms with Crippen molar-refractivity contribution in [1.82, 2.24) is 0 Å². The van der Waals surface area contributed by atoms with E-state index in [9.17, 15) is 4.39 Å². The molecule has 1 heterocycles. The van der Waals surface area contributed by atoms with Crippen molar-refractivity contribution < 1.29 is 8.81 Å². The third-order valence-electron chi connectivity index (χ3n) is 2.56. The Morgan fingerprint density at radius 1 is 1.33 bits per heavy atom. The van der Waals surface area contributed by atoms with Gasteiger partial charge in [-0.25, -0.2) is 4.39 Å². The molecule has 2 aromatic rings. The Morgan fingerprint density at radius 3 is 2.72 bits per heavy atom. The minimum absolute atomic E-state index is 0.162. The van der Waals surface area contributed by atoms with Crippen LogP contribution in [0.1, 0.15) is 32.6 Å². The van der Waals surface area contributed by atoms with Crippen LogP contribution in [0.25, 0.3) is 11.0 Å². The van der Waals surface area contributed by atoms with E-state index in [1.807, 2.05) is 6.07 Å². The van der Waals surface area contributed by atoms with Crippen molar-refractivity contribution in [3.63, 3.8) is 0 Å². The number of hydrogen-bond donors (Lipinski definition) is 1. The first-order valence-electron chi connectivity index (χ1n) is 5.94. The molecule has 0 saturated heterocycles. The fourth-order valence-electron chi connectivity index (χ4n) is 1.64. The topological polar surface area (TPSA) is 39.2 Å². The Hall–Kier alpha value is -1.00. The molecule has 0 saturated carbocycles. The zero-order valence-corrected chi connectivity index (χ0v) is 11.7. The maximum absolute atomic E-state index is 13.1. The van der Waals surface area contributed by atoms with Crippen molar-refractivity contribution in [2.45, 2.75) is 31.6 Å². The number of benzene rings is 1. The minimum atomic E-state index is -0.257. The molecule has 1 aromatic heterocycles. The molecule has 0 aliphatic carbocycles. The molecule has 1 atom stereocenters. The van der Waals surface area contributed by atoms with Gasteiger partial charge in [0.15, 0.2) is 0 Å². The van der Waals surface area contributed by atoms with Crippen molar-refractivity contribution in [3.05, 3.63) is 35.8 Å². The summed E-state index contributed by atoms with van der Waals surface area (Å²) in [5.41, 5.74) is 6.78. The van der Waals surface area contributed by atoms with Gasteiger partial charge in [0.25, 0.3) is 0 Å². The lowest BCUT2D eigenvalue weighted by Crippen LogP contribution is -2.17. The lowest BCUT2D eigenvalue weighted by Gasteiger charge is -2.19. The van der Waals surface area contributed by atoms with E-state index >= 15 is 0 Å². The number of hydrogen-bond acceptors (Lipinski definition) is 3. The van der Waals surface area contributed by atoms with Crippen molar-refractivity contribution in [3.8, 4) is 0 Å². The van der Waals surface area contributed by atoms with Crippen molar-refractivity contribution in [2.75, 3.05) is 5.75 Å². The molecule has 0 spiro atoms. The Labute approximate surface area is 111 Å². The van der Waals surface area contributed by atoms with Gasteiger partial charge in [-0.05, 0) is 24.3 Å². The molecule has 4 heteroatoms. The van der Waals surface area contributed by atoms with Crippen molar-refractivity contribution in [1.29, 1.82) is 0 Å². The third kappa shape index (κ3) is 3.27. The normalized spacial score (nSPS) is 14.1. The molecular weight excluding hydrogens is 249 g/mol. The average molecular weight is 267 g/mol. The SMILES string of the molecule is CC(C)(C)SCC(N)c1cc2cc(F)ccc2o1. The molecule has 98 valence electrons. The molecule has 1 unspecified atom stereocenters. The molecular formula is C14H18FNOS. The van der Waals surface area contributed by atoms with E-state index in [0.29, 0.717) is 11.3 Å². The van der Waals surface area contributed by atoms with Gasteiger partial charge in [-0.3, -0.25) is 0 Å². The molecule has 2 nitrogen and oxygen atoms in total. The van der Waals surface area contributed by atoms with Gasteiger partial charge in [-0.2, -0.15) is 11.8 Å². The van der Waals surface area contributed by atoms with E-state index in [4.69, 9.17) is 10.2 Å². The molecule has 2 N–H and O–H groups in total. The highest BCUT2D eigenvalue weighted by Gasteiger charge is 2.17. The monoisotopic (exact) mass is 267 g/mol. The van der Waals surface area contributed by atoms with Gasteiger partial charge in [-0.15, -0.1) is 0 Å². The van der Waals surface area contributed by atoms with E-state index < -0.39 is 0 Å². The average Bonchev–Trinajstić information content (AvgIpc) is 2.67. The van der Waals surface area contributed by atoms with E-state index in [0.717, 1.165) is 11.1 Å². The van der Waals surface area contributed by atoms with Crippen LogP contribution in [0.2, 0.25) is 0 Å².